The molecule has 0 bridgehead atoms. The van der Waals surface area contributed by atoms with E-state index in [-0.39, 0.29) is 42.6 Å². The van der Waals surface area contributed by atoms with Crippen molar-refractivity contribution in [3.8, 4) is 5.75 Å². The van der Waals surface area contributed by atoms with Gasteiger partial charge in [-0.25, -0.2) is 4.98 Å². The van der Waals surface area contributed by atoms with E-state index in [1.54, 1.807) is 12.0 Å². The summed E-state index contributed by atoms with van der Waals surface area (Å²) in [5.41, 5.74) is 1.70. The third-order valence-electron chi connectivity index (χ3n) is 7.73. The van der Waals surface area contributed by atoms with E-state index in [1.165, 1.54) is 17.8 Å². The zero-order chi connectivity index (χ0) is 26.5. The highest BCUT2D eigenvalue weighted by Gasteiger charge is 2.37. The fourth-order valence-corrected chi connectivity index (χ4v) is 6.20. The molecule has 1 aliphatic heterocycles. The topological polar surface area (TPSA) is 95.1 Å². The number of anilines is 2. The largest absolute Gasteiger partial charge is 0.495 e. The van der Waals surface area contributed by atoms with Crippen LogP contribution in [0.3, 0.4) is 0 Å². The minimum absolute atomic E-state index is 0.0332. The molecule has 9 nitrogen and oxygen atoms in total. The highest BCUT2D eigenvalue weighted by Crippen LogP contribution is 2.32. The van der Waals surface area contributed by atoms with E-state index in [0.717, 1.165) is 63.1 Å². The van der Waals surface area contributed by atoms with Gasteiger partial charge in [-0.05, 0) is 37.8 Å². The molecule has 10 heteroatoms. The van der Waals surface area contributed by atoms with Gasteiger partial charge in [-0.2, -0.15) is 0 Å². The van der Waals surface area contributed by atoms with Gasteiger partial charge in [0, 0.05) is 43.5 Å². The standard InChI is InChI=1S/C28H37N5O4S/c1-37-24-10-6-5-9-23(24)31-13-15-32(16-14-31)26(35)17-21-19-38-28(29-21)30-25(34)18-33(22-11-12-22)27(36)20-7-3-2-4-8-20/h5-6,9-10,19-20,22H,2-4,7-8,11-18H2,1H3,(H,29,30,34). The number of ether oxygens (including phenoxy) is 1. The fourth-order valence-electron chi connectivity index (χ4n) is 5.47. The van der Waals surface area contributed by atoms with Crippen LogP contribution in [-0.4, -0.2) is 78.4 Å². The molecule has 1 aromatic heterocycles. The van der Waals surface area contributed by atoms with Crippen LogP contribution in [0.5, 0.6) is 5.75 Å². The molecule has 2 heterocycles. The fraction of sp³-hybridized carbons (Fsp3) is 0.571. The highest BCUT2D eigenvalue weighted by atomic mass is 32.1. The van der Waals surface area contributed by atoms with E-state index >= 15 is 0 Å². The molecule has 2 saturated carbocycles. The lowest BCUT2D eigenvalue weighted by molar-refractivity contribution is -0.139. The molecular formula is C28H37N5O4S. The molecule has 204 valence electrons. The van der Waals surface area contributed by atoms with Crippen molar-refractivity contribution in [1.29, 1.82) is 0 Å². The van der Waals surface area contributed by atoms with E-state index in [4.69, 9.17) is 4.74 Å². The Kier molecular flexibility index (Phi) is 8.46. The van der Waals surface area contributed by atoms with E-state index in [0.29, 0.717) is 23.9 Å². The number of nitrogens with zero attached hydrogens (tertiary/aromatic N) is 4. The first-order valence-electron chi connectivity index (χ1n) is 13.7. The molecule has 3 fully saturated rings. The Balaban J connectivity index is 1.10. The van der Waals surface area contributed by atoms with Gasteiger partial charge in [0.1, 0.15) is 12.3 Å². The normalized spacial score (nSPS) is 18.2. The van der Waals surface area contributed by atoms with E-state index in [1.807, 2.05) is 34.5 Å². The number of aromatic nitrogens is 1. The number of para-hydroxylation sites is 2. The molecule has 1 aromatic carbocycles. The highest BCUT2D eigenvalue weighted by molar-refractivity contribution is 7.13. The lowest BCUT2D eigenvalue weighted by Crippen LogP contribution is -2.49. The molecule has 1 saturated heterocycles. The zero-order valence-electron chi connectivity index (χ0n) is 22.1. The minimum Gasteiger partial charge on any atom is -0.495 e. The number of nitrogens with one attached hydrogen (secondary N) is 1. The summed E-state index contributed by atoms with van der Waals surface area (Å²) in [5, 5.41) is 5.15. The second kappa shape index (κ2) is 12.1. The predicted octanol–water partition coefficient (Wildman–Crippen LogP) is 3.55. The van der Waals surface area contributed by atoms with Crippen LogP contribution in [0, 0.1) is 5.92 Å². The Bertz CT molecular complexity index is 1140. The van der Waals surface area contributed by atoms with Gasteiger partial charge in [0.25, 0.3) is 0 Å². The third kappa shape index (κ3) is 6.46. The number of carbonyl (C=O) groups is 3. The molecule has 2 aliphatic carbocycles. The lowest BCUT2D eigenvalue weighted by Gasteiger charge is -2.36. The summed E-state index contributed by atoms with van der Waals surface area (Å²) >= 11 is 1.32. The number of carbonyl (C=O) groups excluding carboxylic acids is 3. The van der Waals surface area contributed by atoms with Crippen molar-refractivity contribution in [2.75, 3.05) is 50.1 Å². The molecule has 2 aromatic rings. The van der Waals surface area contributed by atoms with Crippen LogP contribution >= 0.6 is 11.3 Å². The first-order valence-corrected chi connectivity index (χ1v) is 14.6. The van der Waals surface area contributed by atoms with Crippen LogP contribution in [0.25, 0.3) is 0 Å². The summed E-state index contributed by atoms with van der Waals surface area (Å²) < 4.78 is 5.48. The van der Waals surface area contributed by atoms with E-state index in [9.17, 15) is 14.4 Å². The summed E-state index contributed by atoms with van der Waals surface area (Å²) in [6.45, 7) is 2.82. The number of hydrogen-bond acceptors (Lipinski definition) is 7. The quantitative estimate of drug-likeness (QED) is 0.524. The molecule has 38 heavy (non-hydrogen) atoms. The first-order chi connectivity index (χ1) is 18.5. The molecule has 0 spiro atoms. The number of amides is 3. The molecule has 1 N–H and O–H groups in total. The second-order valence-corrected chi connectivity index (χ2v) is 11.3. The summed E-state index contributed by atoms with van der Waals surface area (Å²) in [6, 6.07) is 8.13. The minimum atomic E-state index is -0.222. The molecule has 3 aliphatic rings. The monoisotopic (exact) mass is 539 g/mol. The second-order valence-electron chi connectivity index (χ2n) is 10.4. The Hall–Kier alpha value is -3.14. The lowest BCUT2D eigenvalue weighted by atomic mass is 9.88. The van der Waals surface area contributed by atoms with Crippen molar-refractivity contribution in [2.24, 2.45) is 5.92 Å². The number of methoxy groups -OCH3 is 1. The van der Waals surface area contributed by atoms with Crippen molar-refractivity contribution in [2.45, 2.75) is 57.4 Å². The molecule has 0 unspecified atom stereocenters. The average molecular weight is 540 g/mol. The van der Waals surface area contributed by atoms with Crippen LogP contribution in [0.1, 0.15) is 50.6 Å². The van der Waals surface area contributed by atoms with Gasteiger partial charge in [-0.15, -0.1) is 11.3 Å². The van der Waals surface area contributed by atoms with Crippen molar-refractivity contribution in [1.82, 2.24) is 14.8 Å². The molecular weight excluding hydrogens is 502 g/mol. The molecule has 5 rings (SSSR count). The summed E-state index contributed by atoms with van der Waals surface area (Å²) in [7, 11) is 1.67. The molecule has 3 amide bonds. The van der Waals surface area contributed by atoms with Crippen molar-refractivity contribution < 1.29 is 19.1 Å². The number of benzene rings is 1. The first kappa shape index (κ1) is 26.5. The predicted molar refractivity (Wildman–Crippen MR) is 148 cm³/mol. The summed E-state index contributed by atoms with van der Waals surface area (Å²) in [6.07, 6.45) is 7.41. The maximum Gasteiger partial charge on any atom is 0.245 e. The van der Waals surface area contributed by atoms with Gasteiger partial charge in [-0.1, -0.05) is 31.4 Å². The number of hydrogen-bond donors (Lipinski definition) is 1. The smallest absolute Gasteiger partial charge is 0.245 e. The Morgan fingerprint density at radius 2 is 1.79 bits per heavy atom. The molecule has 0 atom stereocenters. The average Bonchev–Trinajstić information content (AvgIpc) is 3.71. The van der Waals surface area contributed by atoms with Gasteiger partial charge < -0.3 is 24.8 Å². The summed E-state index contributed by atoms with van der Waals surface area (Å²) in [5.74, 6) is 0.847. The third-order valence-corrected chi connectivity index (χ3v) is 8.53. The van der Waals surface area contributed by atoms with Crippen LogP contribution in [0.4, 0.5) is 10.8 Å². The molecule has 0 radical (unpaired) electrons. The van der Waals surface area contributed by atoms with Gasteiger partial charge >= 0.3 is 0 Å². The summed E-state index contributed by atoms with van der Waals surface area (Å²) in [4.78, 5) is 49.2. The van der Waals surface area contributed by atoms with Gasteiger partial charge in [-0.3, -0.25) is 14.4 Å². The Morgan fingerprint density at radius 1 is 1.05 bits per heavy atom. The van der Waals surface area contributed by atoms with Crippen LogP contribution in [0.2, 0.25) is 0 Å². The zero-order valence-corrected chi connectivity index (χ0v) is 22.9. The Morgan fingerprint density at radius 3 is 2.50 bits per heavy atom. The number of thiazole rings is 1. The van der Waals surface area contributed by atoms with E-state index in [2.05, 4.69) is 15.2 Å². The van der Waals surface area contributed by atoms with Crippen molar-refractivity contribution in [3.05, 3.63) is 35.3 Å². The number of rotatable bonds is 9. The van der Waals surface area contributed by atoms with Crippen LogP contribution in [0.15, 0.2) is 29.6 Å². The van der Waals surface area contributed by atoms with Crippen molar-refractivity contribution in [3.63, 3.8) is 0 Å². The van der Waals surface area contributed by atoms with Gasteiger partial charge in [0.15, 0.2) is 5.13 Å². The van der Waals surface area contributed by atoms with Gasteiger partial charge in [0.05, 0.1) is 24.9 Å². The Labute approximate surface area is 228 Å². The van der Waals surface area contributed by atoms with Crippen LogP contribution in [-0.2, 0) is 20.8 Å². The number of piperazine rings is 1. The van der Waals surface area contributed by atoms with E-state index < -0.39 is 0 Å². The maximum atomic E-state index is 13.1. The van der Waals surface area contributed by atoms with Crippen molar-refractivity contribution >= 4 is 39.9 Å². The SMILES string of the molecule is COc1ccccc1N1CCN(C(=O)Cc2csc(NC(=O)CN(C(=O)C3CCCCC3)C3CC3)n2)CC1. The maximum absolute atomic E-state index is 13.1. The van der Waals surface area contributed by atoms with Gasteiger partial charge in [0.2, 0.25) is 17.7 Å². The van der Waals surface area contributed by atoms with Crippen LogP contribution < -0.4 is 15.0 Å².